The van der Waals surface area contributed by atoms with Gasteiger partial charge in [-0.25, -0.2) is 4.39 Å². The first-order valence-electron chi connectivity index (χ1n) is 11.3. The molecule has 3 aromatic rings. The van der Waals surface area contributed by atoms with E-state index in [0.29, 0.717) is 16.9 Å². The first-order chi connectivity index (χ1) is 16.1. The SMILES string of the molecule is Cc1nnc(NC(C)c2cccc(C(F)(F)C(C)(C)O)c2F)c2cc3c(cc12)C(C)(C)C(=O)N3C. The molecule has 35 heavy (non-hydrogen) atoms. The van der Waals surface area contributed by atoms with E-state index in [-0.39, 0.29) is 11.5 Å². The number of benzene rings is 2. The van der Waals surface area contributed by atoms with Crippen molar-refractivity contribution >= 4 is 28.2 Å². The molecular formula is C26H29F3N4O2. The summed E-state index contributed by atoms with van der Waals surface area (Å²) in [4.78, 5) is 14.4. The molecule has 2 N–H and O–H groups in total. The van der Waals surface area contributed by atoms with Crippen LogP contribution < -0.4 is 10.2 Å². The zero-order valence-electron chi connectivity index (χ0n) is 20.8. The molecule has 9 heteroatoms. The number of anilines is 2. The zero-order valence-corrected chi connectivity index (χ0v) is 20.8. The van der Waals surface area contributed by atoms with E-state index in [0.717, 1.165) is 36.6 Å². The molecule has 0 saturated carbocycles. The Kier molecular flexibility index (Phi) is 5.63. The number of rotatable bonds is 5. The van der Waals surface area contributed by atoms with Crippen molar-refractivity contribution in [1.82, 2.24) is 10.2 Å². The van der Waals surface area contributed by atoms with Crippen molar-refractivity contribution in [3.63, 3.8) is 0 Å². The molecule has 1 amide bonds. The summed E-state index contributed by atoms with van der Waals surface area (Å²) in [6.07, 6.45) is 0. The van der Waals surface area contributed by atoms with Crippen molar-refractivity contribution < 1.29 is 23.1 Å². The summed E-state index contributed by atoms with van der Waals surface area (Å²) in [6.45, 7) is 9.06. The molecule has 0 spiro atoms. The van der Waals surface area contributed by atoms with Crippen LogP contribution in [0.3, 0.4) is 0 Å². The van der Waals surface area contributed by atoms with Gasteiger partial charge < -0.3 is 15.3 Å². The molecule has 2 heterocycles. The number of alkyl halides is 2. The molecule has 0 bridgehead atoms. The van der Waals surface area contributed by atoms with Crippen molar-refractivity contribution in [3.05, 3.63) is 58.5 Å². The number of hydrogen-bond acceptors (Lipinski definition) is 5. The lowest BCUT2D eigenvalue weighted by atomic mass is 9.85. The molecule has 1 aliphatic heterocycles. The number of nitrogens with zero attached hydrogens (tertiary/aromatic N) is 3. The summed E-state index contributed by atoms with van der Waals surface area (Å²) in [7, 11) is 1.71. The topological polar surface area (TPSA) is 78.4 Å². The molecule has 1 aromatic heterocycles. The maximum Gasteiger partial charge on any atom is 0.303 e. The van der Waals surface area contributed by atoms with E-state index < -0.39 is 34.4 Å². The van der Waals surface area contributed by atoms with E-state index in [2.05, 4.69) is 15.5 Å². The van der Waals surface area contributed by atoms with Crippen LogP contribution in [0.5, 0.6) is 0 Å². The number of hydrogen-bond donors (Lipinski definition) is 2. The highest BCUT2D eigenvalue weighted by Gasteiger charge is 2.49. The van der Waals surface area contributed by atoms with Crippen LogP contribution in [0.1, 0.15) is 63.0 Å². The molecule has 2 aromatic carbocycles. The van der Waals surface area contributed by atoms with Crippen molar-refractivity contribution in [2.45, 2.75) is 64.5 Å². The normalized spacial score (nSPS) is 16.5. The number of aryl methyl sites for hydroxylation is 1. The van der Waals surface area contributed by atoms with Gasteiger partial charge in [0.1, 0.15) is 11.4 Å². The lowest BCUT2D eigenvalue weighted by Gasteiger charge is -2.30. The number of halogens is 3. The number of carbonyl (C=O) groups excluding carboxylic acids is 1. The summed E-state index contributed by atoms with van der Waals surface area (Å²) in [6, 6.07) is 6.74. The van der Waals surface area contributed by atoms with Crippen LogP contribution in [0.25, 0.3) is 10.8 Å². The minimum Gasteiger partial charge on any atom is -0.384 e. The van der Waals surface area contributed by atoms with Gasteiger partial charge in [0.2, 0.25) is 5.91 Å². The predicted octanol–water partition coefficient (Wildman–Crippen LogP) is 5.37. The first-order valence-corrected chi connectivity index (χ1v) is 11.3. The first kappa shape index (κ1) is 24.9. The van der Waals surface area contributed by atoms with Gasteiger partial charge in [-0.05, 0) is 65.3 Å². The average Bonchev–Trinajstić information content (AvgIpc) is 2.94. The maximum atomic E-state index is 15.3. The Balaban J connectivity index is 1.79. The van der Waals surface area contributed by atoms with Crippen molar-refractivity contribution in [1.29, 1.82) is 0 Å². The van der Waals surface area contributed by atoms with Crippen LogP contribution in [-0.2, 0) is 16.1 Å². The molecule has 1 atom stereocenters. The van der Waals surface area contributed by atoms with Crippen molar-refractivity contribution in [2.75, 3.05) is 17.3 Å². The Morgan fingerprint density at radius 1 is 1.14 bits per heavy atom. The van der Waals surface area contributed by atoms with Crippen LogP contribution >= 0.6 is 0 Å². The minimum absolute atomic E-state index is 0.00320. The van der Waals surface area contributed by atoms with Gasteiger partial charge in [-0.2, -0.15) is 13.9 Å². The Bertz CT molecular complexity index is 1350. The summed E-state index contributed by atoms with van der Waals surface area (Å²) in [5.41, 5.74) is -1.73. The predicted molar refractivity (Wildman–Crippen MR) is 129 cm³/mol. The highest BCUT2D eigenvalue weighted by Crippen LogP contribution is 2.45. The fraction of sp³-hybridized carbons (Fsp3) is 0.423. The number of likely N-dealkylation sites (N-methyl/N-ethyl adjacent to an activating group) is 1. The zero-order chi connectivity index (χ0) is 26.1. The smallest absolute Gasteiger partial charge is 0.303 e. The molecule has 186 valence electrons. The van der Waals surface area contributed by atoms with Crippen LogP contribution in [-0.4, -0.2) is 33.9 Å². The van der Waals surface area contributed by atoms with Gasteiger partial charge in [-0.15, -0.1) is 5.10 Å². The van der Waals surface area contributed by atoms with E-state index in [4.69, 9.17) is 0 Å². The molecule has 0 aliphatic carbocycles. The lowest BCUT2D eigenvalue weighted by Crippen LogP contribution is -2.41. The number of aliphatic hydroxyl groups is 1. The van der Waals surface area contributed by atoms with E-state index in [1.165, 1.54) is 12.1 Å². The monoisotopic (exact) mass is 486 g/mol. The second-order valence-corrected chi connectivity index (χ2v) is 10.2. The van der Waals surface area contributed by atoms with Crippen LogP contribution in [0.2, 0.25) is 0 Å². The fourth-order valence-electron chi connectivity index (χ4n) is 4.58. The Morgan fingerprint density at radius 2 is 1.80 bits per heavy atom. The highest BCUT2D eigenvalue weighted by molar-refractivity contribution is 6.10. The van der Waals surface area contributed by atoms with Gasteiger partial charge in [-0.3, -0.25) is 4.79 Å². The van der Waals surface area contributed by atoms with E-state index in [1.807, 2.05) is 32.9 Å². The summed E-state index contributed by atoms with van der Waals surface area (Å²) in [5.74, 6) is -4.59. The van der Waals surface area contributed by atoms with Gasteiger partial charge in [-0.1, -0.05) is 12.1 Å². The molecule has 1 aliphatic rings. The standard InChI is InChI=1S/C26H29F3N4O2/c1-13(15-9-8-10-18(21(15)27)26(28,29)25(5,6)35)30-22-17-12-20-19(11-16(17)14(2)31-32-22)24(3,4)23(34)33(20)7/h8-13,35H,1-7H3,(H,30,32). The summed E-state index contributed by atoms with van der Waals surface area (Å²) >= 11 is 0. The van der Waals surface area contributed by atoms with E-state index in [1.54, 1.807) is 18.9 Å². The molecule has 0 fully saturated rings. The van der Waals surface area contributed by atoms with Gasteiger partial charge in [0.15, 0.2) is 5.82 Å². The average molecular weight is 487 g/mol. The molecule has 0 saturated heterocycles. The van der Waals surface area contributed by atoms with Crippen LogP contribution in [0.4, 0.5) is 24.7 Å². The van der Waals surface area contributed by atoms with E-state index in [9.17, 15) is 18.7 Å². The van der Waals surface area contributed by atoms with Crippen LogP contribution in [0.15, 0.2) is 30.3 Å². The third-order valence-electron chi connectivity index (χ3n) is 6.91. The van der Waals surface area contributed by atoms with Crippen molar-refractivity contribution in [3.8, 4) is 0 Å². The number of carbonyl (C=O) groups is 1. The van der Waals surface area contributed by atoms with Gasteiger partial charge in [0.05, 0.1) is 22.7 Å². The van der Waals surface area contributed by atoms with Gasteiger partial charge in [0.25, 0.3) is 0 Å². The molecule has 1 unspecified atom stereocenters. The van der Waals surface area contributed by atoms with Crippen LogP contribution in [0, 0.1) is 12.7 Å². The summed E-state index contributed by atoms with van der Waals surface area (Å²) < 4.78 is 44.8. The third kappa shape index (κ3) is 3.73. The highest BCUT2D eigenvalue weighted by atomic mass is 19.3. The lowest BCUT2D eigenvalue weighted by molar-refractivity contribution is -0.170. The maximum absolute atomic E-state index is 15.3. The number of aromatic nitrogens is 2. The quantitative estimate of drug-likeness (QED) is 0.507. The fourth-order valence-corrected chi connectivity index (χ4v) is 4.58. The Labute approximate surface area is 202 Å². The minimum atomic E-state index is -3.80. The molecule has 4 rings (SSSR count). The number of amides is 1. The Hall–Kier alpha value is -3.20. The second-order valence-electron chi connectivity index (χ2n) is 10.2. The summed E-state index contributed by atoms with van der Waals surface area (Å²) in [5, 5.41) is 22.9. The molecular weight excluding hydrogens is 457 g/mol. The van der Waals surface area contributed by atoms with Crippen molar-refractivity contribution in [2.24, 2.45) is 0 Å². The van der Waals surface area contributed by atoms with E-state index >= 15 is 4.39 Å². The number of fused-ring (bicyclic) bond motifs is 2. The second kappa shape index (κ2) is 7.91. The number of nitrogens with one attached hydrogen (secondary N) is 1. The van der Waals surface area contributed by atoms with Gasteiger partial charge in [0, 0.05) is 29.1 Å². The third-order valence-corrected chi connectivity index (χ3v) is 6.91. The van der Waals surface area contributed by atoms with Gasteiger partial charge >= 0.3 is 5.92 Å². The molecule has 0 radical (unpaired) electrons. The molecule has 6 nitrogen and oxygen atoms in total. The Morgan fingerprint density at radius 3 is 2.43 bits per heavy atom. The largest absolute Gasteiger partial charge is 0.384 e.